The van der Waals surface area contributed by atoms with Crippen molar-refractivity contribution in [2.45, 2.75) is 19.8 Å². The van der Waals surface area contributed by atoms with E-state index in [2.05, 4.69) is 15.3 Å². The molecule has 1 atom stereocenters. The van der Waals surface area contributed by atoms with Crippen LogP contribution in [0, 0.1) is 5.92 Å². The van der Waals surface area contributed by atoms with E-state index in [1.165, 1.54) is 6.20 Å². The molecule has 114 valence electrons. The van der Waals surface area contributed by atoms with Gasteiger partial charge in [-0.15, -0.1) is 0 Å². The number of fused-ring (bicyclic) bond motifs is 1. The molecule has 3 rings (SSSR count). The third-order valence-electron chi connectivity index (χ3n) is 3.65. The number of carbonyl (C=O) groups excluding carboxylic acids is 2. The monoisotopic (exact) mass is 316 g/mol. The van der Waals surface area contributed by atoms with Gasteiger partial charge in [-0.1, -0.05) is 11.3 Å². The zero-order valence-electron chi connectivity index (χ0n) is 12.1. The van der Waals surface area contributed by atoms with E-state index in [1.807, 2.05) is 6.92 Å². The van der Waals surface area contributed by atoms with Crippen LogP contribution >= 0.6 is 11.3 Å². The first kappa shape index (κ1) is 14.6. The Labute approximate surface area is 131 Å². The lowest BCUT2D eigenvalue weighted by molar-refractivity contribution is 0.0793. The van der Waals surface area contributed by atoms with E-state index in [0.717, 1.165) is 23.6 Å². The average Bonchev–Trinajstić information content (AvgIpc) is 2.90. The second-order valence-electron chi connectivity index (χ2n) is 5.11. The lowest BCUT2D eigenvalue weighted by Crippen LogP contribution is -2.29. The van der Waals surface area contributed by atoms with Gasteiger partial charge in [0.25, 0.3) is 0 Å². The standard InChI is InChI=1S/C15H16N4O2S/c1-2-17-11-6-3-8(7-18-11)12(20)9-4-5-10-14(13(9)21)22-15(16)19-10/h3,6-7,9H,2,4-5H2,1H3,(H2,16,19)(H,17,18). The molecule has 3 N–H and O–H groups in total. The van der Waals surface area contributed by atoms with Crippen LogP contribution in [0.3, 0.4) is 0 Å². The third kappa shape index (κ3) is 2.59. The molecular formula is C15H16N4O2S. The van der Waals surface area contributed by atoms with E-state index in [0.29, 0.717) is 34.2 Å². The van der Waals surface area contributed by atoms with Gasteiger partial charge in [0.1, 0.15) is 5.82 Å². The predicted octanol–water partition coefficient (Wildman–Crippen LogP) is 2.18. The fourth-order valence-electron chi connectivity index (χ4n) is 2.58. The van der Waals surface area contributed by atoms with E-state index in [9.17, 15) is 9.59 Å². The maximum absolute atomic E-state index is 12.6. The molecular weight excluding hydrogens is 300 g/mol. The molecule has 2 heterocycles. The first-order valence-electron chi connectivity index (χ1n) is 7.13. The molecule has 0 bridgehead atoms. The van der Waals surface area contributed by atoms with Gasteiger partial charge in [0.2, 0.25) is 0 Å². The Bertz CT molecular complexity index is 724. The van der Waals surface area contributed by atoms with Crippen LogP contribution in [0.25, 0.3) is 0 Å². The first-order valence-corrected chi connectivity index (χ1v) is 7.95. The van der Waals surface area contributed by atoms with Gasteiger partial charge in [0.15, 0.2) is 16.7 Å². The zero-order valence-corrected chi connectivity index (χ0v) is 12.9. The van der Waals surface area contributed by atoms with Crippen molar-refractivity contribution in [3.63, 3.8) is 0 Å². The van der Waals surface area contributed by atoms with E-state index in [4.69, 9.17) is 5.73 Å². The molecule has 0 aromatic carbocycles. The van der Waals surface area contributed by atoms with Crippen molar-refractivity contribution in [2.24, 2.45) is 5.92 Å². The number of ketones is 2. The van der Waals surface area contributed by atoms with Crippen molar-refractivity contribution in [3.8, 4) is 0 Å². The Hall–Kier alpha value is -2.28. The van der Waals surface area contributed by atoms with Crippen LogP contribution in [0.2, 0.25) is 0 Å². The minimum absolute atomic E-state index is 0.170. The van der Waals surface area contributed by atoms with Gasteiger partial charge < -0.3 is 11.1 Å². The van der Waals surface area contributed by atoms with Crippen LogP contribution in [0.5, 0.6) is 0 Å². The Morgan fingerprint density at radius 1 is 1.50 bits per heavy atom. The number of nitrogens with two attached hydrogens (primary N) is 1. The van der Waals surface area contributed by atoms with E-state index in [-0.39, 0.29) is 11.6 Å². The van der Waals surface area contributed by atoms with E-state index < -0.39 is 5.92 Å². The number of nitrogens with zero attached hydrogens (tertiary/aromatic N) is 2. The third-order valence-corrected chi connectivity index (χ3v) is 4.59. The van der Waals surface area contributed by atoms with Gasteiger partial charge in [0, 0.05) is 18.3 Å². The molecule has 0 radical (unpaired) electrons. The van der Waals surface area contributed by atoms with Gasteiger partial charge in [-0.25, -0.2) is 9.97 Å². The maximum atomic E-state index is 12.6. The van der Waals surface area contributed by atoms with E-state index >= 15 is 0 Å². The van der Waals surface area contributed by atoms with Crippen molar-refractivity contribution < 1.29 is 9.59 Å². The molecule has 0 saturated carbocycles. The molecule has 1 aliphatic rings. The van der Waals surface area contributed by atoms with Gasteiger partial charge in [-0.3, -0.25) is 9.59 Å². The van der Waals surface area contributed by atoms with Crippen molar-refractivity contribution in [1.82, 2.24) is 9.97 Å². The number of pyridine rings is 1. The average molecular weight is 316 g/mol. The maximum Gasteiger partial charge on any atom is 0.185 e. The Morgan fingerprint density at radius 2 is 2.32 bits per heavy atom. The molecule has 0 aliphatic heterocycles. The predicted molar refractivity (Wildman–Crippen MR) is 85.4 cm³/mol. The Morgan fingerprint density at radius 3 is 3.00 bits per heavy atom. The summed E-state index contributed by atoms with van der Waals surface area (Å²) in [6.45, 7) is 2.73. The number of Topliss-reactive ketones (excluding diaryl/α,β-unsaturated/α-hetero) is 2. The topological polar surface area (TPSA) is 98.0 Å². The Kier molecular flexibility index (Phi) is 3.89. The molecule has 0 spiro atoms. The van der Waals surface area contributed by atoms with Crippen molar-refractivity contribution in [1.29, 1.82) is 0 Å². The van der Waals surface area contributed by atoms with Crippen molar-refractivity contribution >= 4 is 33.9 Å². The number of hydrogen-bond acceptors (Lipinski definition) is 7. The number of aromatic nitrogens is 2. The second kappa shape index (κ2) is 5.84. The van der Waals surface area contributed by atoms with Crippen molar-refractivity contribution in [2.75, 3.05) is 17.6 Å². The van der Waals surface area contributed by atoms with E-state index in [1.54, 1.807) is 12.1 Å². The normalized spacial score (nSPS) is 17.1. The number of nitrogen functional groups attached to an aromatic ring is 1. The van der Waals surface area contributed by atoms with Crippen LogP contribution in [0.1, 0.15) is 39.1 Å². The summed E-state index contributed by atoms with van der Waals surface area (Å²) >= 11 is 1.16. The van der Waals surface area contributed by atoms with Crippen LogP contribution in [0.4, 0.5) is 10.9 Å². The molecule has 6 nitrogen and oxygen atoms in total. The lowest BCUT2D eigenvalue weighted by Gasteiger charge is -2.18. The summed E-state index contributed by atoms with van der Waals surface area (Å²) in [5.74, 6) is -0.292. The van der Waals surface area contributed by atoms with Gasteiger partial charge in [-0.2, -0.15) is 0 Å². The highest BCUT2D eigenvalue weighted by Gasteiger charge is 2.35. The lowest BCUT2D eigenvalue weighted by atomic mass is 9.84. The van der Waals surface area contributed by atoms with Crippen LogP contribution in [0.15, 0.2) is 18.3 Å². The summed E-state index contributed by atoms with van der Waals surface area (Å²) < 4.78 is 0. The second-order valence-corrected chi connectivity index (χ2v) is 6.14. The molecule has 0 amide bonds. The minimum Gasteiger partial charge on any atom is -0.375 e. The number of aryl methyl sites for hydroxylation is 1. The summed E-state index contributed by atoms with van der Waals surface area (Å²) in [6, 6.07) is 3.46. The molecule has 22 heavy (non-hydrogen) atoms. The fourth-order valence-corrected chi connectivity index (χ4v) is 3.45. The summed E-state index contributed by atoms with van der Waals surface area (Å²) in [5, 5.41) is 3.45. The van der Waals surface area contributed by atoms with Crippen molar-refractivity contribution in [3.05, 3.63) is 34.5 Å². The number of carbonyl (C=O) groups is 2. The Balaban J connectivity index is 1.82. The largest absolute Gasteiger partial charge is 0.375 e. The molecule has 2 aromatic heterocycles. The minimum atomic E-state index is -0.654. The molecule has 0 saturated heterocycles. The van der Waals surface area contributed by atoms with Crippen LogP contribution in [-0.2, 0) is 6.42 Å². The summed E-state index contributed by atoms with van der Waals surface area (Å²) in [5.41, 5.74) is 6.83. The molecule has 1 aliphatic carbocycles. The van der Waals surface area contributed by atoms with Gasteiger partial charge in [-0.05, 0) is 31.9 Å². The van der Waals surface area contributed by atoms with Gasteiger partial charge in [0.05, 0.1) is 16.5 Å². The summed E-state index contributed by atoms with van der Waals surface area (Å²) in [4.78, 5) is 33.9. The fraction of sp³-hybridized carbons (Fsp3) is 0.333. The highest BCUT2D eigenvalue weighted by molar-refractivity contribution is 7.17. The SMILES string of the molecule is CCNc1ccc(C(=O)C2CCc3nc(N)sc3C2=O)cn1. The number of rotatable bonds is 4. The van der Waals surface area contributed by atoms with Crippen LogP contribution < -0.4 is 11.1 Å². The molecule has 2 aromatic rings. The molecule has 7 heteroatoms. The summed E-state index contributed by atoms with van der Waals surface area (Å²) in [7, 11) is 0. The zero-order chi connectivity index (χ0) is 15.7. The molecule has 0 fully saturated rings. The number of nitrogens with one attached hydrogen (secondary N) is 1. The molecule has 1 unspecified atom stereocenters. The first-order chi connectivity index (χ1) is 10.6. The smallest absolute Gasteiger partial charge is 0.185 e. The van der Waals surface area contributed by atoms with Crippen LogP contribution in [-0.4, -0.2) is 28.1 Å². The number of hydrogen-bond donors (Lipinski definition) is 2. The highest BCUT2D eigenvalue weighted by atomic mass is 32.1. The quantitative estimate of drug-likeness (QED) is 0.662. The van der Waals surface area contributed by atoms with Gasteiger partial charge >= 0.3 is 0 Å². The highest BCUT2D eigenvalue weighted by Crippen LogP contribution is 2.32. The number of anilines is 2. The number of thiazole rings is 1. The summed E-state index contributed by atoms with van der Waals surface area (Å²) in [6.07, 6.45) is 2.60.